The van der Waals surface area contributed by atoms with E-state index in [2.05, 4.69) is 23.8 Å². The first-order valence-corrected chi connectivity index (χ1v) is 6.78. The van der Waals surface area contributed by atoms with Crippen LogP contribution in [0.1, 0.15) is 57.6 Å². The predicted octanol–water partition coefficient (Wildman–Crippen LogP) is 2.69. The molecule has 0 saturated carbocycles. The number of H-pyrrole nitrogens is 1. The lowest BCUT2D eigenvalue weighted by Crippen LogP contribution is -2.34. The Labute approximate surface area is 109 Å². The lowest BCUT2D eigenvalue weighted by molar-refractivity contribution is -0.0574. The highest BCUT2D eigenvalue weighted by Crippen LogP contribution is 2.30. The molecule has 0 atom stereocenters. The average Bonchev–Trinajstić information content (AvgIpc) is 2.35. The summed E-state index contributed by atoms with van der Waals surface area (Å²) in [6.45, 7) is 10.5. The molecule has 1 aromatic heterocycles. The molecular formula is C14H24N2O2. The van der Waals surface area contributed by atoms with Gasteiger partial charge in [-0.2, -0.15) is 0 Å². The molecule has 0 spiro atoms. The summed E-state index contributed by atoms with van der Waals surface area (Å²) in [5.74, 6) is 0.661. The molecule has 1 N–H and O–H groups in total. The summed E-state index contributed by atoms with van der Waals surface area (Å²) < 4.78 is 5.86. The second kappa shape index (κ2) is 6.14. The second-order valence-electron chi connectivity index (χ2n) is 4.47. The minimum Gasteiger partial charge on any atom is -0.367 e. The van der Waals surface area contributed by atoms with Gasteiger partial charge in [-0.3, -0.25) is 4.79 Å². The van der Waals surface area contributed by atoms with Crippen LogP contribution in [-0.4, -0.2) is 16.6 Å². The molecule has 1 aromatic rings. The van der Waals surface area contributed by atoms with Crippen LogP contribution in [0.4, 0.5) is 0 Å². The third-order valence-corrected chi connectivity index (χ3v) is 3.57. The van der Waals surface area contributed by atoms with E-state index in [9.17, 15) is 4.79 Å². The highest BCUT2D eigenvalue weighted by atomic mass is 16.5. The summed E-state index contributed by atoms with van der Waals surface area (Å²) in [5.41, 5.74) is 1.06. The third-order valence-electron chi connectivity index (χ3n) is 3.57. The molecule has 0 unspecified atom stereocenters. The Morgan fingerprint density at radius 2 is 1.83 bits per heavy atom. The smallest absolute Gasteiger partial charge is 0.254 e. The van der Waals surface area contributed by atoms with Gasteiger partial charge in [-0.15, -0.1) is 0 Å². The van der Waals surface area contributed by atoms with Crippen LogP contribution in [0, 0.1) is 6.92 Å². The van der Waals surface area contributed by atoms with E-state index in [0.717, 1.165) is 24.1 Å². The van der Waals surface area contributed by atoms with Crippen LogP contribution in [0.3, 0.4) is 0 Å². The molecule has 0 saturated heterocycles. The lowest BCUT2D eigenvalue weighted by atomic mass is 9.95. The molecule has 0 bridgehead atoms. The van der Waals surface area contributed by atoms with Gasteiger partial charge < -0.3 is 9.72 Å². The Hall–Kier alpha value is -1.16. The number of rotatable bonds is 6. The van der Waals surface area contributed by atoms with E-state index in [-0.39, 0.29) is 5.56 Å². The summed E-state index contributed by atoms with van der Waals surface area (Å²) in [4.78, 5) is 19.5. The van der Waals surface area contributed by atoms with Gasteiger partial charge in [-0.25, -0.2) is 4.98 Å². The quantitative estimate of drug-likeness (QED) is 0.847. The fourth-order valence-electron chi connectivity index (χ4n) is 2.38. The van der Waals surface area contributed by atoms with Gasteiger partial charge in [0.15, 0.2) is 0 Å². The van der Waals surface area contributed by atoms with E-state index < -0.39 is 5.60 Å². The van der Waals surface area contributed by atoms with Gasteiger partial charge in [0.1, 0.15) is 11.4 Å². The first kappa shape index (κ1) is 14.9. The zero-order valence-electron chi connectivity index (χ0n) is 12.1. The van der Waals surface area contributed by atoms with Crippen molar-refractivity contribution in [2.75, 3.05) is 6.61 Å². The first-order chi connectivity index (χ1) is 8.54. The van der Waals surface area contributed by atoms with Crippen molar-refractivity contribution in [2.24, 2.45) is 0 Å². The van der Waals surface area contributed by atoms with Crippen molar-refractivity contribution in [1.82, 2.24) is 9.97 Å². The number of ether oxygens (including phenoxy) is 1. The molecule has 4 heteroatoms. The van der Waals surface area contributed by atoms with Crippen molar-refractivity contribution in [3.63, 3.8) is 0 Å². The molecule has 0 radical (unpaired) electrons. The van der Waals surface area contributed by atoms with Crippen LogP contribution >= 0.6 is 0 Å². The molecule has 1 heterocycles. The van der Waals surface area contributed by atoms with E-state index in [4.69, 9.17) is 4.74 Å². The van der Waals surface area contributed by atoms with E-state index in [0.29, 0.717) is 18.9 Å². The third kappa shape index (κ3) is 2.64. The van der Waals surface area contributed by atoms with E-state index in [1.54, 1.807) is 0 Å². The molecule has 0 aromatic carbocycles. The van der Waals surface area contributed by atoms with Gasteiger partial charge in [0, 0.05) is 17.9 Å². The van der Waals surface area contributed by atoms with Gasteiger partial charge >= 0.3 is 0 Å². The lowest BCUT2D eigenvalue weighted by Gasteiger charge is -2.30. The molecule has 4 nitrogen and oxygen atoms in total. The van der Waals surface area contributed by atoms with Gasteiger partial charge in [-0.1, -0.05) is 20.8 Å². The topological polar surface area (TPSA) is 55.0 Å². The zero-order valence-corrected chi connectivity index (χ0v) is 12.1. The molecule has 0 aliphatic heterocycles. The molecule has 0 aliphatic carbocycles. The second-order valence-corrected chi connectivity index (χ2v) is 4.47. The van der Waals surface area contributed by atoms with Crippen LogP contribution in [0.5, 0.6) is 0 Å². The Morgan fingerprint density at radius 3 is 2.22 bits per heavy atom. The summed E-state index contributed by atoms with van der Waals surface area (Å²) in [6.07, 6.45) is 2.30. The molecule has 1 rings (SSSR count). The Balaban J connectivity index is 3.34. The van der Waals surface area contributed by atoms with Gasteiger partial charge in [0.25, 0.3) is 5.56 Å². The maximum absolute atomic E-state index is 12.0. The minimum atomic E-state index is -0.467. The average molecular weight is 252 g/mol. The van der Waals surface area contributed by atoms with E-state index in [1.165, 1.54) is 0 Å². The molecule has 0 fully saturated rings. The standard InChI is InChI=1S/C14H24N2O2/c1-6-11-10(5)15-13(16-12(11)17)14(7-2,8-3)18-9-4/h6-9H2,1-5H3,(H,15,16,17). The van der Waals surface area contributed by atoms with Gasteiger partial charge in [-0.05, 0) is 33.1 Å². The number of aryl methyl sites for hydroxylation is 1. The highest BCUT2D eigenvalue weighted by Gasteiger charge is 2.32. The molecule has 102 valence electrons. The Morgan fingerprint density at radius 1 is 1.22 bits per heavy atom. The first-order valence-electron chi connectivity index (χ1n) is 6.78. The zero-order chi connectivity index (χ0) is 13.8. The number of hydrogen-bond acceptors (Lipinski definition) is 3. The van der Waals surface area contributed by atoms with Gasteiger partial charge in [0.05, 0.1) is 0 Å². The number of nitrogens with zero attached hydrogens (tertiary/aromatic N) is 1. The predicted molar refractivity (Wildman–Crippen MR) is 72.9 cm³/mol. The summed E-state index contributed by atoms with van der Waals surface area (Å²) in [6, 6.07) is 0. The maximum Gasteiger partial charge on any atom is 0.254 e. The number of hydrogen-bond donors (Lipinski definition) is 1. The summed E-state index contributed by atoms with van der Waals surface area (Å²) >= 11 is 0. The molecule has 0 aliphatic rings. The molecular weight excluding hydrogens is 228 g/mol. The van der Waals surface area contributed by atoms with Crippen molar-refractivity contribution < 1.29 is 4.74 Å². The van der Waals surface area contributed by atoms with Crippen LogP contribution in [0.15, 0.2) is 4.79 Å². The molecule has 0 amide bonds. The number of nitrogens with one attached hydrogen (secondary N) is 1. The Kier molecular flexibility index (Phi) is 5.08. The SMILES string of the molecule is CCOC(CC)(CC)c1nc(C)c(CC)c(=O)[nH]1. The van der Waals surface area contributed by atoms with Crippen molar-refractivity contribution in [3.8, 4) is 0 Å². The summed E-state index contributed by atoms with van der Waals surface area (Å²) in [5, 5.41) is 0. The number of aromatic amines is 1. The van der Waals surface area contributed by atoms with Crippen molar-refractivity contribution in [1.29, 1.82) is 0 Å². The van der Waals surface area contributed by atoms with E-state index >= 15 is 0 Å². The highest BCUT2D eigenvalue weighted by molar-refractivity contribution is 5.18. The Bertz CT molecular complexity index is 448. The maximum atomic E-state index is 12.0. The van der Waals surface area contributed by atoms with Crippen LogP contribution in [0.2, 0.25) is 0 Å². The van der Waals surface area contributed by atoms with Crippen molar-refractivity contribution >= 4 is 0 Å². The van der Waals surface area contributed by atoms with Crippen LogP contribution in [0.25, 0.3) is 0 Å². The minimum absolute atomic E-state index is 0.0361. The normalized spacial score (nSPS) is 11.8. The number of aromatic nitrogens is 2. The fraction of sp³-hybridized carbons (Fsp3) is 0.714. The van der Waals surface area contributed by atoms with Crippen molar-refractivity contribution in [2.45, 2.75) is 59.5 Å². The monoisotopic (exact) mass is 252 g/mol. The van der Waals surface area contributed by atoms with Crippen LogP contribution < -0.4 is 5.56 Å². The van der Waals surface area contributed by atoms with Crippen LogP contribution in [-0.2, 0) is 16.8 Å². The molecule has 18 heavy (non-hydrogen) atoms. The summed E-state index contributed by atoms with van der Waals surface area (Å²) in [7, 11) is 0. The fourth-order valence-corrected chi connectivity index (χ4v) is 2.38. The van der Waals surface area contributed by atoms with E-state index in [1.807, 2.05) is 20.8 Å². The van der Waals surface area contributed by atoms with Crippen molar-refractivity contribution in [3.05, 3.63) is 27.4 Å². The van der Waals surface area contributed by atoms with Gasteiger partial charge in [0.2, 0.25) is 0 Å². The largest absolute Gasteiger partial charge is 0.367 e.